The summed E-state index contributed by atoms with van der Waals surface area (Å²) in [5.41, 5.74) is 2.50. The van der Waals surface area contributed by atoms with E-state index in [9.17, 15) is 18.3 Å². The number of hydrogen-bond acceptors (Lipinski definition) is 4. The van der Waals surface area contributed by atoms with Gasteiger partial charge in [0.05, 0.1) is 11.3 Å². The summed E-state index contributed by atoms with van der Waals surface area (Å²) in [4.78, 5) is 4.18. The summed E-state index contributed by atoms with van der Waals surface area (Å²) in [6.07, 6.45) is -0.325. The van der Waals surface area contributed by atoms with Crippen molar-refractivity contribution in [3.05, 3.63) is 59.4 Å². The molecule has 0 aliphatic carbocycles. The molecule has 5 nitrogen and oxygen atoms in total. The predicted molar refractivity (Wildman–Crippen MR) is 92.2 cm³/mol. The smallest absolute Gasteiger partial charge is 0.386 e. The first-order valence-corrected chi connectivity index (χ1v) is 8.47. The predicted octanol–water partition coefficient (Wildman–Crippen LogP) is 3.67. The quantitative estimate of drug-likeness (QED) is 0.743. The van der Waals surface area contributed by atoms with Gasteiger partial charge in [-0.1, -0.05) is 6.07 Å². The van der Waals surface area contributed by atoms with Crippen LogP contribution < -0.4 is 0 Å². The number of aryl methyl sites for hydroxylation is 2. The third-order valence-electron chi connectivity index (χ3n) is 4.70. The maximum absolute atomic E-state index is 13.2. The number of rotatable bonds is 2. The summed E-state index contributed by atoms with van der Waals surface area (Å²) >= 11 is 0. The van der Waals surface area contributed by atoms with E-state index in [2.05, 4.69) is 15.2 Å². The molecule has 27 heavy (non-hydrogen) atoms. The van der Waals surface area contributed by atoms with E-state index in [4.69, 9.17) is 0 Å². The van der Waals surface area contributed by atoms with Crippen LogP contribution >= 0.6 is 0 Å². The van der Waals surface area contributed by atoms with Crippen LogP contribution in [0.2, 0.25) is 0 Å². The number of benzene rings is 1. The zero-order valence-corrected chi connectivity index (χ0v) is 14.7. The average Bonchev–Trinajstić information content (AvgIpc) is 3.05. The summed E-state index contributed by atoms with van der Waals surface area (Å²) in [6, 6.07) is 7.11. The molecular weight excluding hydrogens is 357 g/mol. The maximum atomic E-state index is 13.2. The first-order chi connectivity index (χ1) is 12.6. The molecule has 0 fully saturated rings. The average molecular weight is 374 g/mol. The molecule has 0 spiro atoms. The van der Waals surface area contributed by atoms with Crippen LogP contribution in [0.5, 0.6) is 0 Å². The zero-order valence-electron chi connectivity index (χ0n) is 14.7. The minimum Gasteiger partial charge on any atom is -0.386 e. The van der Waals surface area contributed by atoms with E-state index >= 15 is 0 Å². The molecule has 2 aromatic heterocycles. The van der Waals surface area contributed by atoms with Crippen molar-refractivity contribution >= 4 is 0 Å². The minimum atomic E-state index is -4.57. The molecule has 0 amide bonds. The van der Waals surface area contributed by atoms with Gasteiger partial charge < -0.3 is 5.11 Å². The number of fused-ring (bicyclic) bond motifs is 3. The van der Waals surface area contributed by atoms with Crippen LogP contribution in [0, 0.1) is 0 Å². The van der Waals surface area contributed by atoms with E-state index < -0.39 is 17.6 Å². The van der Waals surface area contributed by atoms with E-state index in [1.807, 2.05) is 12.1 Å². The molecule has 4 rings (SSSR count). The number of halogens is 3. The number of nitrogens with zero attached hydrogens (tertiary/aromatic N) is 4. The Bertz CT molecular complexity index is 1020. The monoisotopic (exact) mass is 374 g/mol. The van der Waals surface area contributed by atoms with Crippen molar-refractivity contribution in [1.29, 1.82) is 0 Å². The molecule has 1 aromatic carbocycles. The largest absolute Gasteiger partial charge is 0.452 e. The van der Waals surface area contributed by atoms with Crippen LogP contribution in [0.4, 0.5) is 13.2 Å². The second kappa shape index (κ2) is 5.88. The zero-order chi connectivity index (χ0) is 19.4. The fourth-order valence-electron chi connectivity index (χ4n) is 3.28. The van der Waals surface area contributed by atoms with E-state index in [1.54, 1.807) is 38.4 Å². The number of pyridine rings is 1. The molecule has 3 heterocycles. The highest BCUT2D eigenvalue weighted by Crippen LogP contribution is 2.35. The van der Waals surface area contributed by atoms with E-state index in [-0.39, 0.29) is 0 Å². The van der Waals surface area contributed by atoms with Crippen LogP contribution in [0.15, 0.2) is 36.7 Å². The van der Waals surface area contributed by atoms with Gasteiger partial charge >= 0.3 is 6.18 Å². The Morgan fingerprint density at radius 2 is 1.78 bits per heavy atom. The Kier molecular flexibility index (Phi) is 3.85. The van der Waals surface area contributed by atoms with E-state index in [0.29, 0.717) is 29.9 Å². The van der Waals surface area contributed by atoms with Crippen molar-refractivity contribution in [2.75, 3.05) is 0 Å². The fourth-order valence-corrected chi connectivity index (χ4v) is 3.28. The first kappa shape index (κ1) is 17.7. The summed E-state index contributed by atoms with van der Waals surface area (Å²) in [7, 11) is 0. The van der Waals surface area contributed by atoms with Crippen LogP contribution in [0.25, 0.3) is 16.8 Å². The number of alkyl halides is 3. The standard InChI is InChI=1S/C19H17F3N4O/c1-18(2,27)14-8-13(9-23-10-14)11-3-5-15-12(7-11)4-6-16-24-25-17(26(15)16)19(20,21)22/h3,5,7-10,27H,4,6H2,1-2H3. The topological polar surface area (TPSA) is 63.8 Å². The highest BCUT2D eigenvalue weighted by Gasteiger charge is 2.40. The molecule has 0 unspecified atom stereocenters. The van der Waals surface area contributed by atoms with Gasteiger partial charge in [-0.2, -0.15) is 13.2 Å². The second-order valence-electron chi connectivity index (χ2n) is 7.14. The Morgan fingerprint density at radius 1 is 1.00 bits per heavy atom. The van der Waals surface area contributed by atoms with Gasteiger partial charge in [0.2, 0.25) is 5.82 Å². The Hall–Kier alpha value is -2.74. The Balaban J connectivity index is 1.80. The first-order valence-electron chi connectivity index (χ1n) is 8.47. The van der Waals surface area contributed by atoms with Crippen LogP contribution in [-0.2, 0) is 24.6 Å². The Morgan fingerprint density at radius 3 is 2.48 bits per heavy atom. The summed E-state index contributed by atoms with van der Waals surface area (Å²) < 4.78 is 40.8. The van der Waals surface area contributed by atoms with E-state index in [0.717, 1.165) is 21.3 Å². The molecule has 0 bridgehead atoms. The molecule has 140 valence electrons. The van der Waals surface area contributed by atoms with Gasteiger partial charge in [0.1, 0.15) is 5.82 Å². The fraction of sp³-hybridized carbons (Fsp3) is 0.316. The lowest BCUT2D eigenvalue weighted by molar-refractivity contribution is -0.146. The SMILES string of the molecule is CC(C)(O)c1cncc(-c2ccc3c(c2)CCc2nnc(C(F)(F)F)n2-3)c1. The maximum Gasteiger partial charge on any atom is 0.452 e. The summed E-state index contributed by atoms with van der Waals surface area (Å²) in [5, 5.41) is 17.2. The lowest BCUT2D eigenvalue weighted by Crippen LogP contribution is -2.19. The van der Waals surface area contributed by atoms with Gasteiger partial charge in [-0.25, -0.2) is 0 Å². The van der Waals surface area contributed by atoms with Gasteiger partial charge in [0.25, 0.3) is 0 Å². The normalized spacial score (nSPS) is 14.0. The molecule has 0 atom stereocenters. The van der Waals surface area contributed by atoms with Crippen molar-refractivity contribution < 1.29 is 18.3 Å². The van der Waals surface area contributed by atoms with Gasteiger partial charge in [-0.05, 0) is 49.6 Å². The molecule has 8 heteroatoms. The van der Waals surface area contributed by atoms with Crippen molar-refractivity contribution in [2.24, 2.45) is 0 Å². The minimum absolute atomic E-state index is 0.313. The third-order valence-corrected chi connectivity index (χ3v) is 4.70. The van der Waals surface area contributed by atoms with Crippen molar-refractivity contribution in [3.63, 3.8) is 0 Å². The molecule has 1 N–H and O–H groups in total. The van der Waals surface area contributed by atoms with Crippen LogP contribution in [0.3, 0.4) is 0 Å². The molecule has 1 aliphatic rings. The van der Waals surface area contributed by atoms with E-state index in [1.165, 1.54) is 0 Å². The van der Waals surface area contributed by atoms with Gasteiger partial charge in [-0.15, -0.1) is 10.2 Å². The van der Waals surface area contributed by atoms with Gasteiger partial charge in [0.15, 0.2) is 0 Å². The number of aromatic nitrogens is 4. The Labute approximate surface area is 153 Å². The number of hydrogen-bond donors (Lipinski definition) is 1. The summed E-state index contributed by atoms with van der Waals surface area (Å²) in [6.45, 7) is 3.35. The molecule has 1 aliphatic heterocycles. The number of aliphatic hydroxyl groups is 1. The lowest BCUT2D eigenvalue weighted by atomic mass is 9.94. The highest BCUT2D eigenvalue weighted by molar-refractivity contribution is 5.67. The van der Waals surface area contributed by atoms with Gasteiger partial charge in [0, 0.05) is 29.9 Å². The molecule has 0 saturated heterocycles. The molecular formula is C19H17F3N4O. The van der Waals surface area contributed by atoms with Gasteiger partial charge in [-0.3, -0.25) is 9.55 Å². The van der Waals surface area contributed by atoms with Crippen molar-refractivity contribution in [3.8, 4) is 16.8 Å². The van der Waals surface area contributed by atoms with Crippen LogP contribution in [-0.4, -0.2) is 24.9 Å². The second-order valence-corrected chi connectivity index (χ2v) is 7.14. The summed E-state index contributed by atoms with van der Waals surface area (Å²) in [5.74, 6) is -0.690. The molecule has 3 aromatic rings. The highest BCUT2D eigenvalue weighted by atomic mass is 19.4. The van der Waals surface area contributed by atoms with Crippen LogP contribution in [0.1, 0.15) is 36.6 Å². The van der Waals surface area contributed by atoms with Crippen molar-refractivity contribution in [2.45, 2.75) is 38.5 Å². The molecule has 0 radical (unpaired) electrons. The van der Waals surface area contributed by atoms with Crippen molar-refractivity contribution in [1.82, 2.24) is 19.7 Å². The lowest BCUT2D eigenvalue weighted by Gasteiger charge is -2.21. The third kappa shape index (κ3) is 3.10. The molecule has 0 saturated carbocycles.